The molecule has 30 heavy (non-hydrogen) atoms. The number of rotatable bonds is 8. The quantitative estimate of drug-likeness (QED) is 0.504. The van der Waals surface area contributed by atoms with Gasteiger partial charge < -0.3 is 15.4 Å². The van der Waals surface area contributed by atoms with Crippen molar-refractivity contribution in [3.05, 3.63) is 52.5 Å². The summed E-state index contributed by atoms with van der Waals surface area (Å²) in [6.07, 6.45) is 0.720. The Balaban J connectivity index is 1.75. The molecule has 0 bridgehead atoms. The maximum Gasteiger partial charge on any atom is 0.238 e. The topological polar surface area (TPSA) is 91.2 Å². The van der Waals surface area contributed by atoms with E-state index in [1.807, 2.05) is 6.07 Å². The van der Waals surface area contributed by atoms with Crippen LogP contribution in [0, 0.1) is 11.3 Å². The monoisotopic (exact) mass is 471 g/mol. The van der Waals surface area contributed by atoms with Crippen molar-refractivity contribution in [2.45, 2.75) is 45.4 Å². The first-order valence-electron chi connectivity index (χ1n) is 9.68. The Morgan fingerprint density at radius 1 is 1.03 bits per heavy atom. The number of carbonyl (C=O) groups is 2. The van der Waals surface area contributed by atoms with Gasteiger partial charge in [-0.15, -0.1) is 0 Å². The Kier molecular flexibility index (Phi) is 8.43. The van der Waals surface area contributed by atoms with Crippen LogP contribution in [0.3, 0.4) is 0 Å². The molecule has 0 atom stereocenters. The number of hydrogen-bond donors (Lipinski definition) is 2. The number of benzene rings is 2. The van der Waals surface area contributed by atoms with Gasteiger partial charge in [-0.05, 0) is 69.7 Å². The lowest BCUT2D eigenvalue weighted by Gasteiger charge is -2.20. The summed E-state index contributed by atoms with van der Waals surface area (Å²) in [6.45, 7) is 6.91. The van der Waals surface area contributed by atoms with E-state index < -0.39 is 0 Å². The minimum Gasteiger partial charge on any atom is -0.492 e. The van der Waals surface area contributed by atoms with Gasteiger partial charge in [-0.1, -0.05) is 26.8 Å². The number of nitrogens with one attached hydrogen (secondary N) is 2. The number of anilines is 2. The molecule has 0 aliphatic rings. The van der Waals surface area contributed by atoms with Crippen LogP contribution in [0.25, 0.3) is 0 Å². The molecule has 0 aliphatic heterocycles. The first kappa shape index (κ1) is 23.4. The molecule has 0 heterocycles. The van der Waals surface area contributed by atoms with Crippen molar-refractivity contribution in [1.29, 1.82) is 5.26 Å². The van der Waals surface area contributed by atoms with Gasteiger partial charge in [-0.3, -0.25) is 9.59 Å². The molecule has 7 heteroatoms. The van der Waals surface area contributed by atoms with Crippen LogP contribution in [-0.2, 0) is 15.0 Å². The standard InChI is InChI=1S/C23H26BrN3O3/c1-23(2,3)16-6-11-20(19(24)15-16)30-14-4-5-21(28)26-17-7-9-18(10-8-17)27-22(29)12-13-25/h6-11,15H,4-5,12,14H2,1-3H3,(H,26,28)(H,27,29). The second-order valence-electron chi connectivity index (χ2n) is 7.86. The van der Waals surface area contributed by atoms with Crippen molar-refractivity contribution in [2.24, 2.45) is 0 Å². The largest absolute Gasteiger partial charge is 0.492 e. The fraction of sp³-hybridized carbons (Fsp3) is 0.348. The summed E-state index contributed by atoms with van der Waals surface area (Å²) in [5.74, 6) is 0.286. The third-order valence-electron chi connectivity index (χ3n) is 4.30. The van der Waals surface area contributed by atoms with Gasteiger partial charge in [-0.25, -0.2) is 0 Å². The molecule has 2 amide bonds. The number of nitrogens with zero attached hydrogens (tertiary/aromatic N) is 1. The lowest BCUT2D eigenvalue weighted by molar-refractivity contribution is -0.116. The van der Waals surface area contributed by atoms with Crippen molar-refractivity contribution in [1.82, 2.24) is 0 Å². The molecule has 2 N–H and O–H groups in total. The highest BCUT2D eigenvalue weighted by molar-refractivity contribution is 9.10. The zero-order valence-corrected chi connectivity index (χ0v) is 19.0. The summed E-state index contributed by atoms with van der Waals surface area (Å²) in [5, 5.41) is 13.9. The van der Waals surface area contributed by atoms with E-state index in [2.05, 4.69) is 59.5 Å². The number of amides is 2. The molecule has 6 nitrogen and oxygen atoms in total. The van der Waals surface area contributed by atoms with Crippen LogP contribution in [0.5, 0.6) is 5.75 Å². The molecule has 0 spiro atoms. The third-order valence-corrected chi connectivity index (χ3v) is 4.92. The average molecular weight is 472 g/mol. The first-order chi connectivity index (χ1) is 14.2. The van der Waals surface area contributed by atoms with Gasteiger partial charge in [0.1, 0.15) is 12.2 Å². The Labute approximate surface area is 185 Å². The molecule has 0 saturated heterocycles. The van der Waals surface area contributed by atoms with Crippen LogP contribution in [0.2, 0.25) is 0 Å². The van der Waals surface area contributed by atoms with Gasteiger partial charge >= 0.3 is 0 Å². The van der Waals surface area contributed by atoms with E-state index in [4.69, 9.17) is 10.00 Å². The molecule has 2 rings (SSSR count). The zero-order valence-electron chi connectivity index (χ0n) is 17.4. The van der Waals surface area contributed by atoms with Gasteiger partial charge in [0, 0.05) is 17.8 Å². The lowest BCUT2D eigenvalue weighted by Crippen LogP contribution is -2.13. The molecule has 0 aromatic heterocycles. The highest BCUT2D eigenvalue weighted by Crippen LogP contribution is 2.31. The molecule has 2 aromatic carbocycles. The third kappa shape index (κ3) is 7.53. The minimum atomic E-state index is -0.367. The van der Waals surface area contributed by atoms with Crippen molar-refractivity contribution in [2.75, 3.05) is 17.2 Å². The van der Waals surface area contributed by atoms with E-state index in [0.29, 0.717) is 30.8 Å². The van der Waals surface area contributed by atoms with E-state index in [0.717, 1.165) is 10.2 Å². The van der Waals surface area contributed by atoms with E-state index in [-0.39, 0.29) is 23.7 Å². The second kappa shape index (κ2) is 10.8. The summed E-state index contributed by atoms with van der Waals surface area (Å²) < 4.78 is 6.69. The van der Waals surface area contributed by atoms with Crippen LogP contribution < -0.4 is 15.4 Å². The fourth-order valence-corrected chi connectivity index (χ4v) is 3.13. The van der Waals surface area contributed by atoms with Crippen LogP contribution >= 0.6 is 15.9 Å². The van der Waals surface area contributed by atoms with E-state index in [1.54, 1.807) is 30.3 Å². The Hall–Kier alpha value is -2.85. The number of halogens is 1. The zero-order chi connectivity index (χ0) is 22.1. The van der Waals surface area contributed by atoms with Crippen molar-refractivity contribution < 1.29 is 14.3 Å². The lowest BCUT2D eigenvalue weighted by atomic mass is 9.87. The van der Waals surface area contributed by atoms with Gasteiger partial charge in [0.15, 0.2) is 0 Å². The maximum atomic E-state index is 12.1. The van der Waals surface area contributed by atoms with Crippen LogP contribution in [0.1, 0.15) is 45.6 Å². The predicted molar refractivity (Wildman–Crippen MR) is 122 cm³/mol. The van der Waals surface area contributed by atoms with E-state index in [1.165, 1.54) is 5.56 Å². The normalized spacial score (nSPS) is 10.8. The van der Waals surface area contributed by atoms with Crippen LogP contribution in [0.15, 0.2) is 46.9 Å². The minimum absolute atomic E-state index is 0.0690. The molecule has 0 aliphatic carbocycles. The number of nitriles is 1. The van der Waals surface area contributed by atoms with Gasteiger partial charge in [0.2, 0.25) is 11.8 Å². The molecule has 2 aromatic rings. The summed E-state index contributed by atoms with van der Waals surface area (Å²) >= 11 is 3.55. The van der Waals surface area contributed by atoms with Gasteiger partial charge in [0.05, 0.1) is 17.1 Å². The molecule has 0 fully saturated rings. The number of hydrogen-bond acceptors (Lipinski definition) is 4. The fourth-order valence-electron chi connectivity index (χ4n) is 2.64. The van der Waals surface area contributed by atoms with Gasteiger partial charge in [-0.2, -0.15) is 5.26 Å². The van der Waals surface area contributed by atoms with Crippen LogP contribution in [-0.4, -0.2) is 18.4 Å². The summed E-state index contributed by atoms with van der Waals surface area (Å²) in [5.41, 5.74) is 2.50. The van der Waals surface area contributed by atoms with Crippen LogP contribution in [0.4, 0.5) is 11.4 Å². The maximum absolute atomic E-state index is 12.1. The molecule has 0 radical (unpaired) electrons. The molecule has 0 unspecified atom stereocenters. The van der Waals surface area contributed by atoms with Gasteiger partial charge in [0.25, 0.3) is 0 Å². The first-order valence-corrected chi connectivity index (χ1v) is 10.5. The van der Waals surface area contributed by atoms with E-state index in [9.17, 15) is 9.59 Å². The number of carbonyl (C=O) groups excluding carboxylic acids is 2. The Morgan fingerprint density at radius 2 is 1.63 bits per heavy atom. The smallest absolute Gasteiger partial charge is 0.238 e. The summed E-state index contributed by atoms with van der Waals surface area (Å²) in [7, 11) is 0. The highest BCUT2D eigenvalue weighted by Gasteiger charge is 2.15. The van der Waals surface area contributed by atoms with Crippen molar-refractivity contribution >= 4 is 39.1 Å². The predicted octanol–water partition coefficient (Wildman–Crippen LogP) is 5.40. The second-order valence-corrected chi connectivity index (χ2v) is 8.71. The average Bonchev–Trinajstić information content (AvgIpc) is 2.67. The highest BCUT2D eigenvalue weighted by atomic mass is 79.9. The Morgan fingerprint density at radius 3 is 2.17 bits per heavy atom. The molecular weight excluding hydrogens is 446 g/mol. The Bertz CT molecular complexity index is 928. The summed E-state index contributed by atoms with van der Waals surface area (Å²) in [4.78, 5) is 23.5. The molecule has 0 saturated carbocycles. The van der Waals surface area contributed by atoms with E-state index >= 15 is 0 Å². The van der Waals surface area contributed by atoms with Crippen molar-refractivity contribution in [3.8, 4) is 11.8 Å². The van der Waals surface area contributed by atoms with Crippen molar-refractivity contribution in [3.63, 3.8) is 0 Å². The molecular formula is C23H26BrN3O3. The summed E-state index contributed by atoms with van der Waals surface area (Å²) in [6, 6.07) is 14.6. The molecule has 158 valence electrons. The SMILES string of the molecule is CC(C)(C)c1ccc(OCCCC(=O)Nc2ccc(NC(=O)CC#N)cc2)c(Br)c1. The number of ether oxygens (including phenoxy) is 1.